The SMILES string of the molecule is O=C1CO[C@H]([C@@H](O)c2ccccc2)CN1. The molecule has 0 aromatic heterocycles. The number of aliphatic hydroxyl groups is 1. The van der Waals surface area contributed by atoms with E-state index in [1.54, 1.807) is 0 Å². The molecule has 15 heavy (non-hydrogen) atoms. The Kier molecular flexibility index (Phi) is 2.99. The first-order chi connectivity index (χ1) is 7.27. The Morgan fingerprint density at radius 1 is 1.40 bits per heavy atom. The third-order valence-electron chi connectivity index (χ3n) is 2.42. The van der Waals surface area contributed by atoms with Gasteiger partial charge in [-0.25, -0.2) is 0 Å². The van der Waals surface area contributed by atoms with Crippen LogP contribution < -0.4 is 5.32 Å². The van der Waals surface area contributed by atoms with Gasteiger partial charge in [-0.3, -0.25) is 4.79 Å². The molecule has 0 unspecified atom stereocenters. The van der Waals surface area contributed by atoms with E-state index in [1.807, 2.05) is 30.3 Å². The average molecular weight is 207 g/mol. The molecule has 2 atom stereocenters. The molecule has 1 aliphatic rings. The fourth-order valence-corrected chi connectivity index (χ4v) is 1.57. The zero-order valence-electron chi connectivity index (χ0n) is 8.22. The quantitative estimate of drug-likeness (QED) is 0.730. The number of carbonyl (C=O) groups is 1. The van der Waals surface area contributed by atoms with E-state index in [-0.39, 0.29) is 18.6 Å². The van der Waals surface area contributed by atoms with E-state index in [0.717, 1.165) is 5.56 Å². The maximum absolute atomic E-state index is 10.8. The third-order valence-corrected chi connectivity index (χ3v) is 2.42. The van der Waals surface area contributed by atoms with Crippen LogP contribution in [0.4, 0.5) is 0 Å². The second-order valence-electron chi connectivity index (χ2n) is 3.51. The van der Waals surface area contributed by atoms with E-state index in [0.29, 0.717) is 6.54 Å². The number of hydrogen-bond donors (Lipinski definition) is 2. The highest BCUT2D eigenvalue weighted by atomic mass is 16.5. The minimum absolute atomic E-state index is 0.0224. The Hall–Kier alpha value is -1.39. The Bertz CT molecular complexity index is 329. The van der Waals surface area contributed by atoms with Crippen LogP contribution in [-0.4, -0.2) is 30.3 Å². The Morgan fingerprint density at radius 3 is 2.73 bits per heavy atom. The van der Waals surface area contributed by atoms with E-state index in [2.05, 4.69) is 5.32 Å². The van der Waals surface area contributed by atoms with E-state index in [9.17, 15) is 9.90 Å². The molecule has 4 nitrogen and oxygen atoms in total. The van der Waals surface area contributed by atoms with Gasteiger partial charge in [-0.1, -0.05) is 30.3 Å². The Morgan fingerprint density at radius 2 is 2.13 bits per heavy atom. The van der Waals surface area contributed by atoms with Crippen molar-refractivity contribution < 1.29 is 14.6 Å². The van der Waals surface area contributed by atoms with Gasteiger partial charge in [0, 0.05) is 6.54 Å². The van der Waals surface area contributed by atoms with Crippen LogP contribution in [0.5, 0.6) is 0 Å². The normalized spacial score (nSPS) is 23.3. The van der Waals surface area contributed by atoms with Crippen molar-refractivity contribution in [2.75, 3.05) is 13.2 Å². The van der Waals surface area contributed by atoms with Gasteiger partial charge in [0.15, 0.2) is 0 Å². The standard InChI is InChI=1S/C11H13NO3/c13-10-7-15-9(6-12-10)11(14)8-4-2-1-3-5-8/h1-5,9,11,14H,6-7H2,(H,12,13)/t9-,11-/m0/s1. The molecule has 0 spiro atoms. The molecular weight excluding hydrogens is 194 g/mol. The van der Waals surface area contributed by atoms with Crippen LogP contribution in [0.25, 0.3) is 0 Å². The Labute approximate surface area is 87.9 Å². The fraction of sp³-hybridized carbons (Fsp3) is 0.364. The average Bonchev–Trinajstić information content (AvgIpc) is 2.30. The summed E-state index contributed by atoms with van der Waals surface area (Å²) in [5.74, 6) is -0.133. The van der Waals surface area contributed by atoms with Gasteiger partial charge in [0.2, 0.25) is 5.91 Å². The molecule has 1 fully saturated rings. The second kappa shape index (κ2) is 4.42. The summed E-state index contributed by atoms with van der Waals surface area (Å²) in [4.78, 5) is 10.8. The van der Waals surface area contributed by atoms with Crippen LogP contribution in [0.1, 0.15) is 11.7 Å². The van der Waals surface area contributed by atoms with Gasteiger partial charge in [-0.05, 0) is 5.56 Å². The number of rotatable bonds is 2. The molecule has 1 aromatic carbocycles. The number of hydrogen-bond acceptors (Lipinski definition) is 3. The van der Waals surface area contributed by atoms with Crippen LogP contribution in [0.15, 0.2) is 30.3 Å². The number of aliphatic hydroxyl groups excluding tert-OH is 1. The van der Waals surface area contributed by atoms with Crippen LogP contribution >= 0.6 is 0 Å². The summed E-state index contributed by atoms with van der Waals surface area (Å²) in [5, 5.41) is 12.6. The summed E-state index contributed by atoms with van der Waals surface area (Å²) in [6.07, 6.45) is -1.04. The summed E-state index contributed by atoms with van der Waals surface area (Å²) in [5.41, 5.74) is 0.804. The van der Waals surface area contributed by atoms with Crippen LogP contribution in [0, 0.1) is 0 Å². The summed E-state index contributed by atoms with van der Waals surface area (Å²) < 4.78 is 5.24. The predicted molar refractivity (Wildman–Crippen MR) is 54.2 cm³/mol. The largest absolute Gasteiger partial charge is 0.386 e. The third kappa shape index (κ3) is 2.34. The molecule has 2 rings (SSSR count). The van der Waals surface area contributed by atoms with Crippen LogP contribution in [0.2, 0.25) is 0 Å². The molecular formula is C11H13NO3. The minimum Gasteiger partial charge on any atom is -0.386 e. The van der Waals surface area contributed by atoms with Gasteiger partial charge in [-0.2, -0.15) is 0 Å². The lowest BCUT2D eigenvalue weighted by molar-refractivity contribution is -0.138. The number of nitrogens with one attached hydrogen (secondary N) is 1. The first kappa shape index (κ1) is 10.1. The maximum atomic E-state index is 10.8. The molecule has 80 valence electrons. The predicted octanol–water partition coefficient (Wildman–Crippen LogP) is 0.235. The van der Waals surface area contributed by atoms with Crippen molar-refractivity contribution in [3.63, 3.8) is 0 Å². The van der Waals surface area contributed by atoms with E-state index in [4.69, 9.17) is 4.74 Å². The molecule has 1 amide bonds. The highest BCUT2D eigenvalue weighted by molar-refractivity contribution is 5.77. The lowest BCUT2D eigenvalue weighted by Crippen LogP contribution is -2.45. The smallest absolute Gasteiger partial charge is 0.246 e. The summed E-state index contributed by atoms with van der Waals surface area (Å²) >= 11 is 0. The number of benzene rings is 1. The summed E-state index contributed by atoms with van der Waals surface area (Å²) in [7, 11) is 0. The first-order valence-electron chi connectivity index (χ1n) is 4.88. The molecule has 0 radical (unpaired) electrons. The van der Waals surface area contributed by atoms with Gasteiger partial charge < -0.3 is 15.2 Å². The highest BCUT2D eigenvalue weighted by Crippen LogP contribution is 2.19. The minimum atomic E-state index is -0.688. The van der Waals surface area contributed by atoms with Crippen molar-refractivity contribution >= 4 is 5.91 Å². The van der Waals surface area contributed by atoms with Gasteiger partial charge in [0.05, 0.1) is 0 Å². The molecule has 1 saturated heterocycles. The summed E-state index contributed by atoms with van der Waals surface area (Å²) in [6, 6.07) is 9.29. The van der Waals surface area contributed by atoms with Gasteiger partial charge in [-0.15, -0.1) is 0 Å². The molecule has 1 aliphatic heterocycles. The first-order valence-corrected chi connectivity index (χ1v) is 4.88. The van der Waals surface area contributed by atoms with Gasteiger partial charge in [0.1, 0.15) is 18.8 Å². The molecule has 2 N–H and O–H groups in total. The van der Waals surface area contributed by atoms with E-state index < -0.39 is 6.10 Å². The molecule has 0 saturated carbocycles. The van der Waals surface area contributed by atoms with Gasteiger partial charge in [0.25, 0.3) is 0 Å². The second-order valence-corrected chi connectivity index (χ2v) is 3.51. The maximum Gasteiger partial charge on any atom is 0.246 e. The van der Waals surface area contributed by atoms with Gasteiger partial charge >= 0.3 is 0 Å². The van der Waals surface area contributed by atoms with Crippen molar-refractivity contribution in [1.82, 2.24) is 5.32 Å². The number of amides is 1. The molecule has 1 aromatic rings. The monoisotopic (exact) mass is 207 g/mol. The highest BCUT2D eigenvalue weighted by Gasteiger charge is 2.26. The lowest BCUT2D eigenvalue weighted by Gasteiger charge is -2.27. The van der Waals surface area contributed by atoms with E-state index >= 15 is 0 Å². The molecule has 0 bridgehead atoms. The fourth-order valence-electron chi connectivity index (χ4n) is 1.57. The zero-order chi connectivity index (χ0) is 10.7. The molecule has 4 heteroatoms. The molecule has 0 aliphatic carbocycles. The van der Waals surface area contributed by atoms with Crippen molar-refractivity contribution in [2.45, 2.75) is 12.2 Å². The van der Waals surface area contributed by atoms with Crippen molar-refractivity contribution in [2.24, 2.45) is 0 Å². The number of carbonyl (C=O) groups excluding carboxylic acids is 1. The summed E-state index contributed by atoms with van der Waals surface area (Å²) in [6.45, 7) is 0.378. The van der Waals surface area contributed by atoms with Crippen LogP contribution in [0.3, 0.4) is 0 Å². The number of morpholine rings is 1. The topological polar surface area (TPSA) is 58.6 Å². The van der Waals surface area contributed by atoms with E-state index in [1.165, 1.54) is 0 Å². The zero-order valence-corrected chi connectivity index (χ0v) is 8.22. The molecule has 1 heterocycles. The van der Waals surface area contributed by atoms with Crippen molar-refractivity contribution in [1.29, 1.82) is 0 Å². The Balaban J connectivity index is 2.02. The number of ether oxygens (including phenoxy) is 1. The van der Waals surface area contributed by atoms with Crippen LogP contribution in [-0.2, 0) is 9.53 Å². The van der Waals surface area contributed by atoms with Crippen molar-refractivity contribution in [3.05, 3.63) is 35.9 Å². The van der Waals surface area contributed by atoms with Crippen molar-refractivity contribution in [3.8, 4) is 0 Å². The lowest BCUT2D eigenvalue weighted by atomic mass is 10.0.